The van der Waals surface area contributed by atoms with E-state index in [0.717, 1.165) is 0 Å². The second kappa shape index (κ2) is 7.03. The molecule has 0 atom stereocenters. The maximum Gasteiger partial charge on any atom is 0.415 e. The molecule has 21 heavy (non-hydrogen) atoms. The molecule has 0 bridgehead atoms. The Bertz CT molecular complexity index is 548. The van der Waals surface area contributed by atoms with Crippen LogP contribution >= 0.6 is 0 Å². The van der Waals surface area contributed by atoms with Gasteiger partial charge in [0.25, 0.3) is 21.7 Å². The zero-order chi connectivity index (χ0) is 16.5. The summed E-state index contributed by atoms with van der Waals surface area (Å²) >= 11 is 0. The Morgan fingerprint density at radius 1 is 0.762 bits per heavy atom. The summed E-state index contributed by atoms with van der Waals surface area (Å²) in [5.74, 6) is -7.69. The summed E-state index contributed by atoms with van der Waals surface area (Å²) in [6.07, 6.45) is -7.63. The largest absolute Gasteiger partial charge is 0.415 e. The summed E-state index contributed by atoms with van der Waals surface area (Å²) in [6, 6.07) is -5.89. The summed E-state index contributed by atoms with van der Waals surface area (Å²) in [4.78, 5) is 0. The fraction of sp³-hybridized carbons (Fsp3) is 0.333. The van der Waals surface area contributed by atoms with Gasteiger partial charge in [-0.25, -0.2) is 8.42 Å². The average molecular weight is 348 g/mol. The Balaban J connectivity index is 0. The first-order valence-electron chi connectivity index (χ1n) is 3.88. The molecule has 0 spiro atoms. The molecule has 0 fully saturated rings. The first-order valence-corrected chi connectivity index (χ1v) is 5.36. The molecule has 0 aromatic heterocycles. The van der Waals surface area contributed by atoms with Crippen LogP contribution in [0, 0.1) is 0 Å². The minimum atomic E-state index is -6.99. The van der Waals surface area contributed by atoms with Crippen molar-refractivity contribution in [3.63, 3.8) is 0 Å². The van der Waals surface area contributed by atoms with E-state index >= 15 is 0 Å². The van der Waals surface area contributed by atoms with Crippen molar-refractivity contribution >= 4 is 28.9 Å². The van der Waals surface area contributed by atoms with E-state index in [1.54, 1.807) is 0 Å². The maximum atomic E-state index is 12.6. The molecule has 15 heteroatoms. The van der Waals surface area contributed by atoms with Crippen LogP contribution in [0.15, 0.2) is 23.8 Å². The minimum absolute atomic E-state index is 0. The molecular formula is C6HF10LiNO2S. The standard InChI is InChI=1S/C6HF10NO2S.Li/c7-1(3(9)10)5(13,14)17-20(18,19)6(15,16)2(8)4(11)12;/h17H;. The van der Waals surface area contributed by atoms with Crippen molar-refractivity contribution in [1.82, 2.24) is 4.72 Å². The van der Waals surface area contributed by atoms with Crippen LogP contribution in [-0.4, -0.2) is 38.6 Å². The predicted octanol–water partition coefficient (Wildman–Crippen LogP) is 2.87. The van der Waals surface area contributed by atoms with Gasteiger partial charge in [0, 0.05) is 18.9 Å². The van der Waals surface area contributed by atoms with Crippen molar-refractivity contribution in [3.8, 4) is 0 Å². The average Bonchev–Trinajstić information content (AvgIpc) is 2.24. The molecule has 0 saturated carbocycles. The number of hydrogen-bond donors (Lipinski definition) is 1. The molecular weight excluding hydrogens is 347 g/mol. The van der Waals surface area contributed by atoms with Crippen LogP contribution in [0.1, 0.15) is 0 Å². The number of sulfonamides is 1. The zero-order valence-electron chi connectivity index (χ0n) is 9.50. The number of rotatable bonds is 5. The monoisotopic (exact) mass is 348 g/mol. The van der Waals surface area contributed by atoms with E-state index in [9.17, 15) is 52.3 Å². The topological polar surface area (TPSA) is 46.2 Å². The number of nitrogens with one attached hydrogen (secondary N) is 1. The molecule has 0 aliphatic heterocycles. The molecule has 119 valence electrons. The van der Waals surface area contributed by atoms with E-state index in [1.807, 2.05) is 0 Å². The summed E-state index contributed by atoms with van der Waals surface area (Å²) in [5, 5.41) is -6.23. The normalized spacial score (nSPS) is 12.5. The minimum Gasteiger partial charge on any atom is -0.205 e. The SMILES string of the molecule is O=S(=O)(NC(F)(F)C(F)=C(F)F)C(F)(F)C(F)=C(F)F.[Li]. The Labute approximate surface area is 121 Å². The van der Waals surface area contributed by atoms with Crippen molar-refractivity contribution in [3.05, 3.63) is 23.8 Å². The molecule has 0 aliphatic rings. The molecule has 1 radical (unpaired) electrons. The van der Waals surface area contributed by atoms with Crippen LogP contribution in [0.4, 0.5) is 43.9 Å². The van der Waals surface area contributed by atoms with Crippen LogP contribution in [0.3, 0.4) is 0 Å². The Morgan fingerprint density at radius 3 is 1.38 bits per heavy atom. The fourth-order valence-corrected chi connectivity index (χ4v) is 1.49. The van der Waals surface area contributed by atoms with Gasteiger partial charge in [0.05, 0.1) is 0 Å². The van der Waals surface area contributed by atoms with Crippen molar-refractivity contribution in [2.75, 3.05) is 0 Å². The van der Waals surface area contributed by atoms with Gasteiger partial charge in [0.2, 0.25) is 0 Å². The van der Waals surface area contributed by atoms with Gasteiger partial charge in [-0.3, -0.25) is 0 Å². The van der Waals surface area contributed by atoms with Crippen LogP contribution in [-0.2, 0) is 10.0 Å². The number of halogens is 10. The Hall–Kier alpha value is -0.713. The van der Waals surface area contributed by atoms with Gasteiger partial charge in [0.1, 0.15) is 0 Å². The summed E-state index contributed by atoms with van der Waals surface area (Å²) in [5.41, 5.74) is 0. The quantitative estimate of drug-likeness (QED) is 0.472. The van der Waals surface area contributed by atoms with E-state index in [1.165, 1.54) is 0 Å². The Morgan fingerprint density at radius 2 is 1.10 bits per heavy atom. The van der Waals surface area contributed by atoms with Crippen LogP contribution in [0.5, 0.6) is 0 Å². The summed E-state index contributed by atoms with van der Waals surface area (Å²) in [7, 11) is -6.99. The third-order valence-corrected chi connectivity index (χ3v) is 2.84. The maximum absolute atomic E-state index is 12.6. The molecule has 0 heterocycles. The molecule has 0 amide bonds. The van der Waals surface area contributed by atoms with Gasteiger partial charge in [-0.15, -0.1) is 4.72 Å². The van der Waals surface area contributed by atoms with Gasteiger partial charge in [-0.2, -0.15) is 43.9 Å². The van der Waals surface area contributed by atoms with E-state index in [2.05, 4.69) is 0 Å². The predicted molar refractivity (Wildman–Crippen MR) is 48.4 cm³/mol. The molecule has 3 nitrogen and oxygen atoms in total. The first kappa shape index (κ1) is 22.6. The van der Waals surface area contributed by atoms with E-state index in [-0.39, 0.29) is 18.9 Å². The summed E-state index contributed by atoms with van der Waals surface area (Å²) in [6.45, 7) is 0. The fourth-order valence-electron chi connectivity index (χ4n) is 0.624. The van der Waals surface area contributed by atoms with Crippen molar-refractivity contribution in [2.45, 2.75) is 11.3 Å². The second-order valence-corrected chi connectivity index (χ2v) is 4.57. The van der Waals surface area contributed by atoms with Gasteiger partial charge < -0.3 is 0 Å². The Kier molecular flexibility index (Phi) is 7.56. The van der Waals surface area contributed by atoms with Gasteiger partial charge >= 0.3 is 23.5 Å². The second-order valence-electron chi connectivity index (χ2n) is 2.85. The molecule has 0 aromatic carbocycles. The molecule has 0 aromatic rings. The first-order chi connectivity index (χ1) is 8.67. The molecule has 0 aliphatic carbocycles. The summed E-state index contributed by atoms with van der Waals surface area (Å²) < 4.78 is 141. The number of hydrogen-bond acceptors (Lipinski definition) is 2. The van der Waals surface area contributed by atoms with Crippen molar-refractivity contribution in [1.29, 1.82) is 0 Å². The van der Waals surface area contributed by atoms with E-state index in [0.29, 0.717) is 0 Å². The van der Waals surface area contributed by atoms with Crippen molar-refractivity contribution < 1.29 is 52.3 Å². The van der Waals surface area contributed by atoms with Gasteiger partial charge in [-0.05, 0) is 0 Å². The van der Waals surface area contributed by atoms with Gasteiger partial charge in [-0.1, -0.05) is 0 Å². The van der Waals surface area contributed by atoms with Crippen LogP contribution in [0.25, 0.3) is 0 Å². The van der Waals surface area contributed by atoms with E-state index < -0.39 is 49.9 Å². The molecule has 1 N–H and O–H groups in total. The van der Waals surface area contributed by atoms with Crippen LogP contribution in [0.2, 0.25) is 0 Å². The zero-order valence-corrected chi connectivity index (χ0v) is 10.3. The molecule has 0 rings (SSSR count). The van der Waals surface area contributed by atoms with Crippen molar-refractivity contribution in [2.24, 2.45) is 0 Å². The van der Waals surface area contributed by atoms with E-state index in [4.69, 9.17) is 0 Å². The molecule has 0 saturated heterocycles. The number of alkyl halides is 4. The smallest absolute Gasteiger partial charge is 0.205 e. The third-order valence-electron chi connectivity index (χ3n) is 1.46. The third kappa shape index (κ3) is 4.90. The molecule has 0 unspecified atom stereocenters. The van der Waals surface area contributed by atoms with Crippen LogP contribution < -0.4 is 4.72 Å². The van der Waals surface area contributed by atoms with Gasteiger partial charge in [0.15, 0.2) is 0 Å².